The second-order valence-corrected chi connectivity index (χ2v) is 8.61. The lowest BCUT2D eigenvalue weighted by atomic mass is 10.3. The van der Waals surface area contributed by atoms with Crippen molar-refractivity contribution in [3.8, 4) is 5.75 Å². The average Bonchev–Trinajstić information content (AvgIpc) is 2.04. The summed E-state index contributed by atoms with van der Waals surface area (Å²) in [6.45, 7) is 0. The van der Waals surface area contributed by atoms with Crippen molar-refractivity contribution in [2.24, 2.45) is 0 Å². The normalized spacial score (nSPS) is 12.7. The van der Waals surface area contributed by atoms with E-state index in [0.717, 1.165) is 12.1 Å². The Morgan fingerprint density at radius 2 is 1.31 bits per heavy atom. The fraction of sp³-hybridized carbons (Fsp3) is 0. The molecule has 0 amide bonds. The van der Waals surface area contributed by atoms with Gasteiger partial charge in [-0.05, 0) is 12.1 Å². The van der Waals surface area contributed by atoms with E-state index in [9.17, 15) is 21.9 Å². The zero-order valence-electron chi connectivity index (χ0n) is 7.19. The molecule has 0 bridgehead atoms. The maximum absolute atomic E-state index is 11.0. The molecule has 0 spiro atoms. The van der Waals surface area contributed by atoms with E-state index >= 15 is 0 Å². The molecule has 0 saturated carbocycles. The van der Waals surface area contributed by atoms with Crippen LogP contribution < -0.4 is 0 Å². The number of phenols is 1. The first-order valence-corrected chi connectivity index (χ1v) is 8.86. The van der Waals surface area contributed by atoms with Crippen LogP contribution in [0, 0.1) is 0 Å². The zero-order valence-corrected chi connectivity index (χ0v) is 11.9. The Hall–Kier alpha value is -0.0200. The van der Waals surface area contributed by atoms with E-state index < -0.39 is 33.6 Å². The molecular weight excluding hydrogens is 367 g/mol. The molecule has 90 valence electrons. The molecule has 0 fully saturated rings. The van der Waals surface area contributed by atoms with Crippen LogP contribution >= 0.6 is 37.3 Å². The third kappa shape index (κ3) is 3.01. The summed E-state index contributed by atoms with van der Waals surface area (Å²) in [6, 6.07) is 1.92. The van der Waals surface area contributed by atoms with Crippen LogP contribution in [-0.2, 0) is 18.1 Å². The predicted octanol–water partition coefficient (Wildman–Crippen LogP) is 2.01. The summed E-state index contributed by atoms with van der Waals surface area (Å²) in [5, 5.41) is 9.44. The van der Waals surface area contributed by atoms with Gasteiger partial charge in [-0.3, -0.25) is 0 Å². The Kier molecular flexibility index (Phi) is 3.81. The number of phenolic OH excluding ortho intramolecular Hbond substituents is 1. The van der Waals surface area contributed by atoms with Gasteiger partial charge in [0.1, 0.15) is 9.79 Å². The maximum Gasteiger partial charge on any atom is 0.265 e. The summed E-state index contributed by atoms with van der Waals surface area (Å²) in [7, 11) is 1.48. The third-order valence-electron chi connectivity index (χ3n) is 1.53. The molecule has 1 N–H and O–H groups in total. The minimum atomic E-state index is -4.27. The van der Waals surface area contributed by atoms with Gasteiger partial charge >= 0.3 is 0 Å². The Balaban J connectivity index is 3.78. The summed E-state index contributed by atoms with van der Waals surface area (Å²) in [6.07, 6.45) is 0. The van der Waals surface area contributed by atoms with Crippen molar-refractivity contribution in [2.45, 2.75) is 9.79 Å². The highest BCUT2D eigenvalue weighted by atomic mass is 79.9. The van der Waals surface area contributed by atoms with Gasteiger partial charge < -0.3 is 5.11 Å². The van der Waals surface area contributed by atoms with Crippen molar-refractivity contribution in [3.63, 3.8) is 0 Å². The van der Waals surface area contributed by atoms with Gasteiger partial charge in [0.25, 0.3) is 18.1 Å². The lowest BCUT2D eigenvalue weighted by Crippen LogP contribution is -1.98. The molecule has 0 aliphatic rings. The highest BCUT2D eigenvalue weighted by Crippen LogP contribution is 2.36. The number of benzene rings is 1. The lowest BCUT2D eigenvalue weighted by Gasteiger charge is -2.05. The van der Waals surface area contributed by atoms with E-state index in [1.165, 1.54) is 0 Å². The van der Waals surface area contributed by atoms with Crippen LogP contribution in [-0.4, -0.2) is 21.9 Å². The fourth-order valence-electron chi connectivity index (χ4n) is 0.922. The first-order valence-electron chi connectivity index (χ1n) is 3.45. The molecular formula is C6H3BrCl2O5S2. The maximum atomic E-state index is 11.0. The van der Waals surface area contributed by atoms with Crippen LogP contribution in [0.2, 0.25) is 0 Å². The molecule has 5 nitrogen and oxygen atoms in total. The van der Waals surface area contributed by atoms with Crippen molar-refractivity contribution >= 4 is 55.4 Å². The lowest BCUT2D eigenvalue weighted by molar-refractivity contribution is 0.443. The Labute approximate surface area is 109 Å². The molecule has 0 aliphatic heterocycles. The van der Waals surface area contributed by atoms with Crippen molar-refractivity contribution < 1.29 is 21.9 Å². The third-order valence-corrected chi connectivity index (χ3v) is 4.66. The van der Waals surface area contributed by atoms with E-state index in [0.29, 0.717) is 0 Å². The molecule has 16 heavy (non-hydrogen) atoms. The van der Waals surface area contributed by atoms with Gasteiger partial charge in [-0.1, -0.05) is 15.9 Å². The molecule has 0 aliphatic carbocycles. The molecule has 0 unspecified atom stereocenters. The van der Waals surface area contributed by atoms with E-state index in [2.05, 4.69) is 15.9 Å². The molecule has 1 aromatic carbocycles. The molecule has 0 aromatic heterocycles. The van der Waals surface area contributed by atoms with Crippen LogP contribution in [0.1, 0.15) is 0 Å². The topological polar surface area (TPSA) is 88.5 Å². The molecule has 0 saturated heterocycles. The van der Waals surface area contributed by atoms with Crippen LogP contribution in [0.5, 0.6) is 5.75 Å². The molecule has 0 atom stereocenters. The summed E-state index contributed by atoms with van der Waals surface area (Å²) in [4.78, 5) is -1.47. The van der Waals surface area contributed by atoms with Crippen LogP contribution in [0.25, 0.3) is 0 Å². The number of hydrogen-bond donors (Lipinski definition) is 1. The highest BCUT2D eigenvalue weighted by Gasteiger charge is 2.25. The highest BCUT2D eigenvalue weighted by molar-refractivity contribution is 9.10. The van der Waals surface area contributed by atoms with Crippen LogP contribution in [0.3, 0.4) is 0 Å². The van der Waals surface area contributed by atoms with Crippen molar-refractivity contribution in [2.75, 3.05) is 0 Å². The van der Waals surface area contributed by atoms with Crippen LogP contribution in [0.15, 0.2) is 26.4 Å². The predicted molar refractivity (Wildman–Crippen MR) is 61.9 cm³/mol. The number of halogens is 3. The fourth-order valence-corrected chi connectivity index (χ4v) is 3.67. The Morgan fingerprint density at radius 3 is 1.56 bits per heavy atom. The Bertz CT molecular complexity index is 584. The monoisotopic (exact) mass is 368 g/mol. The molecule has 0 radical (unpaired) electrons. The minimum absolute atomic E-state index is 0.101. The first kappa shape index (κ1) is 14.0. The van der Waals surface area contributed by atoms with E-state index in [4.69, 9.17) is 21.4 Å². The first-order chi connectivity index (χ1) is 7.03. The second-order valence-electron chi connectivity index (χ2n) is 2.63. The van der Waals surface area contributed by atoms with Crippen molar-refractivity contribution in [3.05, 3.63) is 16.6 Å². The summed E-state index contributed by atoms with van der Waals surface area (Å²) in [5.74, 6) is -1.01. The number of hydrogen-bond acceptors (Lipinski definition) is 5. The second kappa shape index (κ2) is 4.34. The summed E-state index contributed by atoms with van der Waals surface area (Å²) >= 11 is 2.87. The van der Waals surface area contributed by atoms with Gasteiger partial charge in [0.05, 0.1) is 0 Å². The zero-order chi connectivity index (χ0) is 12.7. The largest absolute Gasteiger partial charge is 0.505 e. The summed E-state index contributed by atoms with van der Waals surface area (Å²) in [5.41, 5.74) is 0. The minimum Gasteiger partial charge on any atom is -0.505 e. The quantitative estimate of drug-likeness (QED) is 0.805. The number of aromatic hydroxyl groups is 1. The average molecular weight is 370 g/mol. The van der Waals surface area contributed by atoms with Gasteiger partial charge in [0.15, 0.2) is 5.75 Å². The number of rotatable bonds is 2. The van der Waals surface area contributed by atoms with Gasteiger partial charge in [0, 0.05) is 25.8 Å². The van der Waals surface area contributed by atoms with E-state index in [1.807, 2.05) is 0 Å². The van der Waals surface area contributed by atoms with Gasteiger partial charge in [0.2, 0.25) is 0 Å². The molecule has 0 heterocycles. The smallest absolute Gasteiger partial charge is 0.265 e. The van der Waals surface area contributed by atoms with E-state index in [-0.39, 0.29) is 4.47 Å². The van der Waals surface area contributed by atoms with Gasteiger partial charge in [-0.25, -0.2) is 16.8 Å². The Morgan fingerprint density at radius 1 is 1.00 bits per heavy atom. The van der Waals surface area contributed by atoms with Gasteiger partial charge in [-0.2, -0.15) is 0 Å². The van der Waals surface area contributed by atoms with E-state index in [1.54, 1.807) is 0 Å². The van der Waals surface area contributed by atoms with Gasteiger partial charge in [-0.15, -0.1) is 0 Å². The SMILES string of the molecule is O=S(=O)(Cl)c1cc(Br)cc(S(=O)(=O)Cl)c1O. The molecule has 1 aromatic rings. The summed E-state index contributed by atoms with van der Waals surface area (Å²) < 4.78 is 44.2. The molecule has 1 rings (SSSR count). The standard InChI is InChI=1S/C6H3BrCl2O5S2/c7-3-1-4(15(8,11)12)6(10)5(2-3)16(9,13)14/h1-2,10H. The van der Waals surface area contributed by atoms with Crippen LogP contribution in [0.4, 0.5) is 0 Å². The molecule has 10 heteroatoms. The van der Waals surface area contributed by atoms with Crippen molar-refractivity contribution in [1.29, 1.82) is 0 Å². The van der Waals surface area contributed by atoms with Crippen molar-refractivity contribution in [1.82, 2.24) is 0 Å².